The average Bonchev–Trinajstić information content (AvgIpc) is 2.54. The Labute approximate surface area is 148 Å². The molecule has 0 unspecified atom stereocenters. The molecule has 0 bridgehead atoms. The third-order valence-electron chi connectivity index (χ3n) is 4.28. The van der Waals surface area contributed by atoms with Gasteiger partial charge in [0.25, 0.3) is 0 Å². The van der Waals surface area contributed by atoms with E-state index in [4.69, 9.17) is 15.6 Å². The molecule has 25 heavy (non-hydrogen) atoms. The van der Waals surface area contributed by atoms with Crippen molar-refractivity contribution >= 4 is 17.8 Å². The zero-order valence-electron chi connectivity index (χ0n) is 15.2. The van der Waals surface area contributed by atoms with Gasteiger partial charge in [-0.05, 0) is 32.3 Å². The number of aliphatic carboxylic acids is 1. The summed E-state index contributed by atoms with van der Waals surface area (Å²) in [6, 6.07) is -1.95. The predicted octanol–water partition coefficient (Wildman–Crippen LogP) is 0.312. The molecular weight excluding hydrogens is 326 g/mol. The van der Waals surface area contributed by atoms with Crippen LogP contribution in [0.2, 0.25) is 0 Å². The molecule has 2 amide bonds. The molecule has 0 saturated heterocycles. The van der Waals surface area contributed by atoms with E-state index in [2.05, 4.69) is 10.6 Å². The molecule has 142 valence electrons. The second kappa shape index (κ2) is 9.53. The molecule has 0 aliphatic heterocycles. The monoisotopic (exact) mass is 355 g/mol. The van der Waals surface area contributed by atoms with Crippen LogP contribution in [0.25, 0.3) is 0 Å². The normalized spacial score (nSPS) is 24.4. The van der Waals surface area contributed by atoms with Gasteiger partial charge >= 0.3 is 5.97 Å². The molecule has 0 heterocycles. The molecule has 0 aromatic heterocycles. The highest BCUT2D eigenvalue weighted by Crippen LogP contribution is 2.23. The molecule has 8 nitrogen and oxygen atoms in total. The van der Waals surface area contributed by atoms with Crippen molar-refractivity contribution in [3.8, 4) is 0 Å². The Hall–Kier alpha value is -1.93. The van der Waals surface area contributed by atoms with Crippen molar-refractivity contribution in [1.29, 1.82) is 0 Å². The van der Waals surface area contributed by atoms with E-state index >= 15 is 0 Å². The maximum Gasteiger partial charge on any atom is 0.325 e. The largest absolute Gasteiger partial charge is 0.480 e. The fraction of sp³-hybridized carbons (Fsp3) is 0.706. The Balaban J connectivity index is 3.02. The summed E-state index contributed by atoms with van der Waals surface area (Å²) in [6.45, 7) is 6.79. The first kappa shape index (κ1) is 21.1. The quantitative estimate of drug-likeness (QED) is 0.496. The summed E-state index contributed by atoms with van der Waals surface area (Å²) in [6.07, 6.45) is 2.89. The second-order valence-corrected chi connectivity index (χ2v) is 6.36. The summed E-state index contributed by atoms with van der Waals surface area (Å²) in [7, 11) is 0. The first-order valence-electron chi connectivity index (χ1n) is 8.62. The van der Waals surface area contributed by atoms with Crippen LogP contribution < -0.4 is 16.4 Å². The van der Waals surface area contributed by atoms with Gasteiger partial charge in [-0.2, -0.15) is 0 Å². The number of nitrogens with two attached hydrogens (primary N) is 1. The standard InChI is InChI=1S/C17H29N3O5/c1-5-12(6-2)25-14-8-11(16(22)19-9(3)17(23)24)7-13(18)15(14)20-10(4)21/h8-9,12-15H,5-7,18H2,1-4H3,(H,19,22)(H,20,21)(H,23,24)/t9-,13+,14-,15-/m1/s1. The van der Waals surface area contributed by atoms with Gasteiger partial charge < -0.3 is 26.2 Å². The van der Waals surface area contributed by atoms with Crippen LogP contribution >= 0.6 is 0 Å². The highest BCUT2D eigenvalue weighted by atomic mass is 16.5. The first-order valence-corrected chi connectivity index (χ1v) is 8.62. The topological polar surface area (TPSA) is 131 Å². The summed E-state index contributed by atoms with van der Waals surface area (Å²) in [5.74, 6) is -1.82. The van der Waals surface area contributed by atoms with Gasteiger partial charge in [0, 0.05) is 18.5 Å². The lowest BCUT2D eigenvalue weighted by Gasteiger charge is -2.37. The van der Waals surface area contributed by atoms with Gasteiger partial charge in [-0.3, -0.25) is 14.4 Å². The number of rotatable bonds is 8. The zero-order valence-corrected chi connectivity index (χ0v) is 15.2. The average molecular weight is 355 g/mol. The molecule has 1 rings (SSSR count). The Kier molecular flexibility index (Phi) is 8.05. The fourth-order valence-electron chi connectivity index (χ4n) is 2.77. The Morgan fingerprint density at radius 2 is 1.96 bits per heavy atom. The lowest BCUT2D eigenvalue weighted by molar-refractivity contribution is -0.140. The van der Waals surface area contributed by atoms with Crippen LogP contribution in [-0.4, -0.2) is 53.2 Å². The van der Waals surface area contributed by atoms with Crippen LogP contribution in [0.1, 0.15) is 47.0 Å². The van der Waals surface area contributed by atoms with Gasteiger partial charge in [-0.15, -0.1) is 0 Å². The SMILES string of the molecule is CCC(CC)O[C@@H]1C=C(C(=O)N[C@H](C)C(=O)O)C[C@H](N)[C@H]1NC(C)=O. The van der Waals surface area contributed by atoms with Gasteiger partial charge in [-0.25, -0.2) is 0 Å². The van der Waals surface area contributed by atoms with E-state index in [0.717, 1.165) is 12.8 Å². The van der Waals surface area contributed by atoms with Crippen LogP contribution in [0.3, 0.4) is 0 Å². The van der Waals surface area contributed by atoms with Crippen LogP contribution in [0.15, 0.2) is 11.6 Å². The molecule has 5 N–H and O–H groups in total. The number of carboxylic acids is 1. The van der Waals surface area contributed by atoms with E-state index in [1.165, 1.54) is 13.8 Å². The number of hydrogen-bond acceptors (Lipinski definition) is 5. The minimum absolute atomic E-state index is 0.0231. The van der Waals surface area contributed by atoms with E-state index in [0.29, 0.717) is 5.57 Å². The molecule has 0 aromatic rings. The Bertz CT molecular complexity index is 530. The zero-order chi connectivity index (χ0) is 19.1. The van der Waals surface area contributed by atoms with Crippen molar-refractivity contribution in [1.82, 2.24) is 10.6 Å². The minimum Gasteiger partial charge on any atom is -0.480 e. The Morgan fingerprint density at radius 1 is 1.36 bits per heavy atom. The molecule has 1 aliphatic rings. The summed E-state index contributed by atoms with van der Waals surface area (Å²) >= 11 is 0. The summed E-state index contributed by atoms with van der Waals surface area (Å²) in [4.78, 5) is 34.7. The molecule has 1 aliphatic carbocycles. The Morgan fingerprint density at radius 3 is 2.44 bits per heavy atom. The van der Waals surface area contributed by atoms with Crippen LogP contribution in [0.5, 0.6) is 0 Å². The maximum atomic E-state index is 12.3. The van der Waals surface area contributed by atoms with E-state index in [9.17, 15) is 14.4 Å². The van der Waals surface area contributed by atoms with E-state index in [1.807, 2.05) is 13.8 Å². The van der Waals surface area contributed by atoms with E-state index < -0.39 is 36.1 Å². The summed E-state index contributed by atoms with van der Waals surface area (Å²) in [5.41, 5.74) is 6.54. The molecule has 0 fully saturated rings. The fourth-order valence-corrected chi connectivity index (χ4v) is 2.77. The summed E-state index contributed by atoms with van der Waals surface area (Å²) < 4.78 is 6.04. The van der Waals surface area contributed by atoms with Crippen LogP contribution in [-0.2, 0) is 19.1 Å². The van der Waals surface area contributed by atoms with Gasteiger partial charge in [0.15, 0.2) is 0 Å². The van der Waals surface area contributed by atoms with Gasteiger partial charge in [0.2, 0.25) is 11.8 Å². The lowest BCUT2D eigenvalue weighted by Crippen LogP contribution is -2.57. The number of carbonyl (C=O) groups excluding carboxylic acids is 2. The smallest absolute Gasteiger partial charge is 0.325 e. The number of nitrogens with one attached hydrogen (secondary N) is 2. The molecular formula is C17H29N3O5. The molecule has 0 saturated carbocycles. The third kappa shape index (κ3) is 6.13. The van der Waals surface area contributed by atoms with Crippen LogP contribution in [0.4, 0.5) is 0 Å². The van der Waals surface area contributed by atoms with E-state index in [1.54, 1.807) is 6.08 Å². The third-order valence-corrected chi connectivity index (χ3v) is 4.28. The number of ether oxygens (including phenoxy) is 1. The molecule has 0 spiro atoms. The van der Waals surface area contributed by atoms with Crippen molar-refractivity contribution in [3.05, 3.63) is 11.6 Å². The summed E-state index contributed by atoms with van der Waals surface area (Å²) in [5, 5.41) is 14.1. The highest BCUT2D eigenvalue weighted by Gasteiger charge is 2.35. The lowest BCUT2D eigenvalue weighted by atomic mass is 9.87. The molecule has 4 atom stereocenters. The van der Waals surface area contributed by atoms with Crippen molar-refractivity contribution in [2.24, 2.45) is 5.73 Å². The number of hydrogen-bond donors (Lipinski definition) is 4. The predicted molar refractivity (Wildman–Crippen MR) is 92.8 cm³/mol. The molecule has 0 aromatic carbocycles. The second-order valence-electron chi connectivity index (χ2n) is 6.36. The van der Waals surface area contributed by atoms with Crippen molar-refractivity contribution in [2.45, 2.75) is 77.3 Å². The van der Waals surface area contributed by atoms with Crippen molar-refractivity contribution in [2.75, 3.05) is 0 Å². The van der Waals surface area contributed by atoms with Crippen molar-refractivity contribution in [3.63, 3.8) is 0 Å². The number of amides is 2. The van der Waals surface area contributed by atoms with Gasteiger partial charge in [0.05, 0.1) is 18.2 Å². The van der Waals surface area contributed by atoms with Gasteiger partial charge in [0.1, 0.15) is 6.04 Å². The maximum absolute atomic E-state index is 12.3. The number of carbonyl (C=O) groups is 3. The molecule has 8 heteroatoms. The number of carboxylic acid groups (broad SMARTS) is 1. The highest BCUT2D eigenvalue weighted by molar-refractivity contribution is 5.96. The minimum atomic E-state index is -1.12. The van der Waals surface area contributed by atoms with Crippen LogP contribution in [0, 0.1) is 0 Å². The molecule has 0 radical (unpaired) electrons. The first-order chi connectivity index (χ1) is 11.7. The van der Waals surface area contributed by atoms with Crippen molar-refractivity contribution < 1.29 is 24.2 Å². The van der Waals surface area contributed by atoms with E-state index in [-0.39, 0.29) is 18.4 Å². The van der Waals surface area contributed by atoms with Gasteiger partial charge in [-0.1, -0.05) is 13.8 Å².